The Morgan fingerprint density at radius 1 is 0.889 bits per heavy atom. The van der Waals surface area contributed by atoms with Crippen molar-refractivity contribution in [2.75, 3.05) is 34.9 Å². The fraction of sp³-hybridized carbons (Fsp3) is 0.821. The molecule has 54 heavy (non-hydrogen) atoms. The van der Waals surface area contributed by atoms with E-state index in [0.29, 0.717) is 12.0 Å². The summed E-state index contributed by atoms with van der Waals surface area (Å²) in [4.78, 5) is 40.8. The van der Waals surface area contributed by atoms with Gasteiger partial charge in [-0.25, -0.2) is 0 Å². The largest absolute Gasteiger partial charge is 0.462 e. The van der Waals surface area contributed by atoms with Crippen molar-refractivity contribution in [2.24, 2.45) is 23.7 Å². The van der Waals surface area contributed by atoms with Crippen LogP contribution in [0.1, 0.15) is 67.2 Å². The summed E-state index contributed by atoms with van der Waals surface area (Å²) in [7, 11) is 6.36. The molecule has 17 atom stereocenters. The molecule has 2 fully saturated rings. The first-order valence-corrected chi connectivity index (χ1v) is 19.0. The average Bonchev–Trinajstić information content (AvgIpc) is 3.12. The third-order valence-electron chi connectivity index (χ3n) is 11.1. The highest BCUT2D eigenvalue weighted by molar-refractivity contribution is 5.91. The van der Waals surface area contributed by atoms with E-state index in [9.17, 15) is 34.8 Å². The van der Waals surface area contributed by atoms with Crippen molar-refractivity contribution < 1.29 is 68.0 Å². The van der Waals surface area contributed by atoms with Crippen LogP contribution in [0.15, 0.2) is 23.8 Å². The molecule has 3 heterocycles. The molecule has 0 aromatic carbocycles. The number of hydrogen-bond donors (Lipinski definition) is 4. The molecular formula is C39H65NO14. The number of nitrogens with zero attached hydrogens (tertiary/aromatic N) is 1. The summed E-state index contributed by atoms with van der Waals surface area (Å²) in [5.41, 5.74) is 0.701. The van der Waals surface area contributed by atoms with Crippen LogP contribution >= 0.6 is 0 Å². The van der Waals surface area contributed by atoms with Crippen LogP contribution in [0.2, 0.25) is 0 Å². The van der Waals surface area contributed by atoms with Gasteiger partial charge in [-0.2, -0.15) is 0 Å². The summed E-state index contributed by atoms with van der Waals surface area (Å²) < 4.78 is 41.6. The van der Waals surface area contributed by atoms with Crippen LogP contribution in [0.3, 0.4) is 0 Å². The van der Waals surface area contributed by atoms with E-state index >= 15 is 0 Å². The molecule has 0 bridgehead atoms. The highest BCUT2D eigenvalue weighted by Gasteiger charge is 2.48. The van der Waals surface area contributed by atoms with Gasteiger partial charge in [-0.15, -0.1) is 0 Å². The normalized spacial score (nSPS) is 42.1. The molecule has 15 nitrogen and oxygen atoms in total. The van der Waals surface area contributed by atoms with Crippen LogP contribution in [0.4, 0.5) is 0 Å². The van der Waals surface area contributed by atoms with Gasteiger partial charge in [-0.3, -0.25) is 9.59 Å². The minimum absolute atomic E-state index is 0.0120. The first-order valence-electron chi connectivity index (χ1n) is 19.0. The summed E-state index contributed by atoms with van der Waals surface area (Å²) >= 11 is 0. The summed E-state index contributed by atoms with van der Waals surface area (Å²) in [6.45, 7) is 10.5. The van der Waals surface area contributed by atoms with E-state index in [1.54, 1.807) is 52.8 Å². The van der Waals surface area contributed by atoms with E-state index in [0.717, 1.165) is 6.29 Å². The molecule has 4 unspecified atom stereocenters. The Hall–Kier alpha value is -2.15. The minimum atomic E-state index is -1.31. The number of methoxy groups -OCH3 is 2. The zero-order chi connectivity index (χ0) is 40.4. The maximum Gasteiger partial charge on any atom is 0.308 e. The fourth-order valence-corrected chi connectivity index (χ4v) is 7.76. The van der Waals surface area contributed by atoms with Gasteiger partial charge in [0.15, 0.2) is 18.4 Å². The zero-order valence-corrected chi connectivity index (χ0v) is 33.5. The number of hydrogen-bond acceptors (Lipinski definition) is 15. The Morgan fingerprint density at radius 2 is 1.52 bits per heavy atom. The number of carbonyl (C=O) groups excluding carboxylic acids is 3. The monoisotopic (exact) mass is 771 g/mol. The van der Waals surface area contributed by atoms with Crippen molar-refractivity contribution in [3.05, 3.63) is 23.8 Å². The van der Waals surface area contributed by atoms with Gasteiger partial charge in [-0.05, 0) is 59.7 Å². The maximum absolute atomic E-state index is 13.6. The molecule has 0 saturated carbocycles. The van der Waals surface area contributed by atoms with Crippen LogP contribution in [0.25, 0.3) is 0 Å². The maximum atomic E-state index is 13.6. The molecule has 310 valence electrons. The van der Waals surface area contributed by atoms with Gasteiger partial charge in [0.05, 0.1) is 49.6 Å². The molecule has 0 radical (unpaired) electrons. The van der Waals surface area contributed by atoms with Crippen molar-refractivity contribution in [3.63, 3.8) is 0 Å². The Balaban J connectivity index is 1.96. The van der Waals surface area contributed by atoms with E-state index < -0.39 is 116 Å². The predicted molar refractivity (Wildman–Crippen MR) is 196 cm³/mol. The molecule has 3 aliphatic heterocycles. The Labute approximate surface area is 319 Å². The Bertz CT molecular complexity index is 1260. The number of aliphatic hydroxyl groups excluding tert-OH is 4. The van der Waals surface area contributed by atoms with Crippen LogP contribution < -0.4 is 0 Å². The standard InChI is InChI=1S/C39H65NO14/c1-11-29-26(19-50-39-37(49-10)36(48-9)33(46)24(6)52-39)16-20(2)12-13-27(42)21(3)17-25(14-15-41)35(22(4)28(43)18-30(44)53-29)54-38-34(47)31(40(7)8)32(45)23(5)51-38/h12-13,15-16,21-26,28-29,31-39,43,45-47H,11,14,17-19H2,1-10H3/t21-,22+,23-,24?,25+,26-,28-,29-,31?,32-,33-,34?,35-,36+,37?,38+,39-/m1/s1. The molecule has 15 heteroatoms. The summed E-state index contributed by atoms with van der Waals surface area (Å²) in [5, 5.41) is 44.2. The van der Waals surface area contributed by atoms with Gasteiger partial charge < -0.3 is 63.3 Å². The molecule has 3 rings (SSSR count). The quantitative estimate of drug-likeness (QED) is 0.174. The van der Waals surface area contributed by atoms with Crippen molar-refractivity contribution in [1.82, 2.24) is 4.90 Å². The van der Waals surface area contributed by atoms with Gasteiger partial charge in [0.2, 0.25) is 0 Å². The van der Waals surface area contributed by atoms with Crippen LogP contribution in [-0.4, -0.2) is 158 Å². The molecule has 0 aromatic heterocycles. The van der Waals surface area contributed by atoms with Crippen molar-refractivity contribution in [1.29, 1.82) is 0 Å². The van der Waals surface area contributed by atoms with Gasteiger partial charge in [-0.1, -0.05) is 38.5 Å². The van der Waals surface area contributed by atoms with E-state index in [4.69, 9.17) is 33.2 Å². The highest BCUT2D eigenvalue weighted by Crippen LogP contribution is 2.35. The number of rotatable bonds is 11. The number of likely N-dealkylation sites (N-methyl/N-ethyl adjacent to an activating group) is 1. The highest BCUT2D eigenvalue weighted by atomic mass is 16.7. The number of carbonyl (C=O) groups is 3. The molecule has 0 aromatic rings. The molecule has 2 saturated heterocycles. The number of esters is 1. The van der Waals surface area contributed by atoms with Crippen molar-refractivity contribution >= 4 is 18.0 Å². The summed E-state index contributed by atoms with van der Waals surface area (Å²) in [5.74, 6) is -3.37. The smallest absolute Gasteiger partial charge is 0.308 e. The predicted octanol–water partition coefficient (Wildman–Crippen LogP) is 1.56. The number of aliphatic hydroxyl groups is 4. The second kappa shape index (κ2) is 21.4. The molecule has 0 aliphatic carbocycles. The van der Waals surface area contributed by atoms with Crippen molar-refractivity contribution in [2.45, 2.75) is 147 Å². The fourth-order valence-electron chi connectivity index (χ4n) is 7.76. The minimum Gasteiger partial charge on any atom is -0.462 e. The third-order valence-corrected chi connectivity index (χ3v) is 11.1. The molecule has 0 amide bonds. The first kappa shape index (κ1) is 46.2. The SMILES string of the molecule is CC[C@H]1OC(=O)C[C@@H](O)[C@H](C)[C@@H](O[C@@H]2O[C@H](C)[C@@H](O)C(N(C)C)C2O)[C@@H](CC=O)C[C@@H](C)C(=O)C=CC(C)=C[C@@H]1CO[C@@H]1OC(C)[C@@H](O)[C@H](OC)C1OC. The van der Waals surface area contributed by atoms with Gasteiger partial charge in [0.25, 0.3) is 0 Å². The molecule has 3 aliphatic rings. The number of allylic oxidation sites excluding steroid dienone is 3. The summed E-state index contributed by atoms with van der Waals surface area (Å²) in [6.07, 6.45) is -5.36. The Morgan fingerprint density at radius 3 is 2.11 bits per heavy atom. The van der Waals surface area contributed by atoms with E-state index in [1.165, 1.54) is 20.3 Å². The lowest BCUT2D eigenvalue weighted by molar-refractivity contribution is -0.304. The topological polar surface area (TPSA) is 200 Å². The number of ether oxygens (including phenoxy) is 7. The third kappa shape index (κ3) is 11.7. The lowest BCUT2D eigenvalue weighted by Crippen LogP contribution is -2.63. The average molecular weight is 772 g/mol. The number of ketones is 1. The second-order valence-corrected chi connectivity index (χ2v) is 15.4. The van der Waals surface area contributed by atoms with Gasteiger partial charge >= 0.3 is 5.97 Å². The molecule has 0 spiro atoms. The summed E-state index contributed by atoms with van der Waals surface area (Å²) in [6, 6.07) is -0.740. The van der Waals surface area contributed by atoms with Crippen LogP contribution in [0.5, 0.6) is 0 Å². The molecule has 4 N–H and O–H groups in total. The lowest BCUT2D eigenvalue weighted by Gasteiger charge is -2.46. The second-order valence-electron chi connectivity index (χ2n) is 15.4. The van der Waals surface area contributed by atoms with Gasteiger partial charge in [0, 0.05) is 38.4 Å². The first-order chi connectivity index (χ1) is 25.5. The Kier molecular flexibility index (Phi) is 18.3. The lowest BCUT2D eigenvalue weighted by atomic mass is 9.79. The number of cyclic esters (lactones) is 1. The van der Waals surface area contributed by atoms with Crippen LogP contribution in [-0.2, 0) is 47.5 Å². The zero-order valence-electron chi connectivity index (χ0n) is 33.5. The van der Waals surface area contributed by atoms with Gasteiger partial charge in [0.1, 0.15) is 36.8 Å². The number of aldehydes is 1. The molecular weight excluding hydrogens is 706 g/mol. The van der Waals surface area contributed by atoms with E-state index in [2.05, 4.69) is 0 Å². The van der Waals surface area contributed by atoms with Crippen LogP contribution in [0, 0.1) is 23.7 Å². The van der Waals surface area contributed by atoms with E-state index in [-0.39, 0.29) is 25.2 Å². The van der Waals surface area contributed by atoms with Crippen molar-refractivity contribution in [3.8, 4) is 0 Å². The van der Waals surface area contributed by atoms with E-state index in [1.807, 2.05) is 19.9 Å².